The topological polar surface area (TPSA) is 13.1 Å². The maximum atomic E-state index is 12.7. The minimum absolute atomic E-state index is 0.210. The Bertz CT molecular complexity index is 460. The van der Waals surface area contributed by atoms with Gasteiger partial charge in [-0.15, -0.1) is 0 Å². The molecule has 3 rings (SSSR count). The Kier molecular flexibility index (Phi) is 1.88. The predicted octanol–water partition coefficient (Wildman–Crippen LogP) is 3.57. The molecule has 1 aromatic carbocycles. The molecule has 0 saturated heterocycles. The normalized spacial score (nSPS) is 14.2. The minimum atomic E-state index is -0.210. The molecule has 0 bridgehead atoms. The molecule has 2 aromatic rings. The second-order valence-corrected chi connectivity index (χ2v) is 3.92. The molecule has 76 valence electrons. The smallest absolute Gasteiger partial charge is 0.134 e. The molecule has 0 spiro atoms. The number of aryl methyl sites for hydroxylation is 2. The Morgan fingerprint density at radius 1 is 1.07 bits per heavy atom. The maximum absolute atomic E-state index is 12.7. The number of hydrogen-bond acceptors (Lipinski definition) is 1. The van der Waals surface area contributed by atoms with Gasteiger partial charge in [-0.3, -0.25) is 0 Å². The van der Waals surface area contributed by atoms with Crippen LogP contribution in [0.3, 0.4) is 0 Å². The van der Waals surface area contributed by atoms with Gasteiger partial charge in [0.15, 0.2) is 0 Å². The molecular weight excluding hydrogens is 191 g/mol. The molecule has 1 aliphatic carbocycles. The van der Waals surface area contributed by atoms with Crippen LogP contribution in [0.2, 0.25) is 0 Å². The molecule has 0 unspecified atom stereocenters. The van der Waals surface area contributed by atoms with E-state index in [1.54, 1.807) is 12.1 Å². The van der Waals surface area contributed by atoms with E-state index in [1.165, 1.54) is 24.1 Å². The third-order valence-electron chi connectivity index (χ3n) is 2.88. The molecular formula is C13H11FO. The van der Waals surface area contributed by atoms with Crippen LogP contribution in [0.5, 0.6) is 0 Å². The highest BCUT2D eigenvalue weighted by Gasteiger charge is 2.17. The van der Waals surface area contributed by atoms with E-state index >= 15 is 0 Å². The van der Waals surface area contributed by atoms with Crippen molar-refractivity contribution in [1.82, 2.24) is 0 Å². The zero-order valence-corrected chi connectivity index (χ0v) is 8.29. The second-order valence-electron chi connectivity index (χ2n) is 3.92. The molecule has 0 aliphatic heterocycles. The zero-order chi connectivity index (χ0) is 10.3. The van der Waals surface area contributed by atoms with E-state index in [1.807, 2.05) is 0 Å². The minimum Gasteiger partial charge on any atom is -0.461 e. The van der Waals surface area contributed by atoms with E-state index in [-0.39, 0.29) is 5.82 Å². The summed E-state index contributed by atoms with van der Waals surface area (Å²) in [6, 6.07) is 8.51. The standard InChI is InChI=1S/C13H11FO/c14-11-6-4-9(5-7-11)13-8-10-2-1-3-12(10)15-13/h4-8H,1-3H2. The Morgan fingerprint density at radius 2 is 1.87 bits per heavy atom. The molecule has 0 N–H and O–H groups in total. The van der Waals surface area contributed by atoms with Gasteiger partial charge in [0.25, 0.3) is 0 Å². The first-order chi connectivity index (χ1) is 7.33. The first-order valence-electron chi connectivity index (χ1n) is 5.20. The Morgan fingerprint density at radius 3 is 2.60 bits per heavy atom. The number of halogens is 1. The van der Waals surface area contributed by atoms with Gasteiger partial charge in [0.1, 0.15) is 17.3 Å². The van der Waals surface area contributed by atoms with Crippen molar-refractivity contribution in [2.24, 2.45) is 0 Å². The van der Waals surface area contributed by atoms with E-state index in [9.17, 15) is 4.39 Å². The molecule has 2 heteroatoms. The van der Waals surface area contributed by atoms with Crippen molar-refractivity contribution in [2.75, 3.05) is 0 Å². The Hall–Kier alpha value is -1.57. The third kappa shape index (κ3) is 1.46. The highest BCUT2D eigenvalue weighted by molar-refractivity contribution is 5.59. The summed E-state index contributed by atoms with van der Waals surface area (Å²) in [4.78, 5) is 0. The van der Waals surface area contributed by atoms with E-state index in [2.05, 4.69) is 6.07 Å². The number of hydrogen-bond donors (Lipinski definition) is 0. The van der Waals surface area contributed by atoms with Crippen molar-refractivity contribution >= 4 is 0 Å². The average Bonchev–Trinajstić information content (AvgIpc) is 2.78. The van der Waals surface area contributed by atoms with Crippen LogP contribution in [-0.4, -0.2) is 0 Å². The van der Waals surface area contributed by atoms with Crippen LogP contribution in [0.25, 0.3) is 11.3 Å². The van der Waals surface area contributed by atoms with Crippen LogP contribution < -0.4 is 0 Å². The lowest BCUT2D eigenvalue weighted by Crippen LogP contribution is -1.77. The van der Waals surface area contributed by atoms with Gasteiger partial charge >= 0.3 is 0 Å². The lowest BCUT2D eigenvalue weighted by Gasteiger charge is -1.96. The summed E-state index contributed by atoms with van der Waals surface area (Å²) in [5.41, 5.74) is 2.26. The number of rotatable bonds is 1. The Balaban J connectivity index is 2.02. The van der Waals surface area contributed by atoms with Gasteiger partial charge in [0.2, 0.25) is 0 Å². The fraction of sp³-hybridized carbons (Fsp3) is 0.231. The van der Waals surface area contributed by atoms with Gasteiger partial charge in [-0.25, -0.2) is 4.39 Å². The summed E-state index contributed by atoms with van der Waals surface area (Å²) in [5, 5.41) is 0. The van der Waals surface area contributed by atoms with Crippen LogP contribution in [0, 0.1) is 5.82 Å². The summed E-state index contributed by atoms with van der Waals surface area (Å²) in [7, 11) is 0. The maximum Gasteiger partial charge on any atom is 0.134 e. The average molecular weight is 202 g/mol. The van der Waals surface area contributed by atoms with Crippen LogP contribution in [0.15, 0.2) is 34.7 Å². The van der Waals surface area contributed by atoms with E-state index in [4.69, 9.17) is 4.42 Å². The first-order valence-corrected chi connectivity index (χ1v) is 5.20. The van der Waals surface area contributed by atoms with Gasteiger partial charge in [0, 0.05) is 12.0 Å². The summed E-state index contributed by atoms with van der Waals surface area (Å²) in [6.45, 7) is 0. The fourth-order valence-electron chi connectivity index (χ4n) is 2.09. The molecule has 0 fully saturated rings. The van der Waals surface area contributed by atoms with E-state index in [0.717, 1.165) is 29.9 Å². The lowest BCUT2D eigenvalue weighted by molar-refractivity contribution is 0.528. The monoisotopic (exact) mass is 202 g/mol. The van der Waals surface area contributed by atoms with Gasteiger partial charge < -0.3 is 4.42 Å². The SMILES string of the molecule is Fc1ccc(-c2cc3c(o2)CCC3)cc1. The van der Waals surface area contributed by atoms with Crippen molar-refractivity contribution in [3.8, 4) is 11.3 Å². The molecule has 0 radical (unpaired) electrons. The highest BCUT2D eigenvalue weighted by atomic mass is 19.1. The number of benzene rings is 1. The van der Waals surface area contributed by atoms with Crippen molar-refractivity contribution in [3.05, 3.63) is 47.5 Å². The van der Waals surface area contributed by atoms with Crippen molar-refractivity contribution in [2.45, 2.75) is 19.3 Å². The van der Waals surface area contributed by atoms with Gasteiger partial charge in [0.05, 0.1) is 0 Å². The fourth-order valence-corrected chi connectivity index (χ4v) is 2.09. The zero-order valence-electron chi connectivity index (χ0n) is 8.29. The van der Waals surface area contributed by atoms with Gasteiger partial charge in [-0.2, -0.15) is 0 Å². The molecule has 1 nitrogen and oxygen atoms in total. The van der Waals surface area contributed by atoms with Crippen LogP contribution in [0.1, 0.15) is 17.7 Å². The molecule has 0 saturated carbocycles. The molecule has 0 amide bonds. The van der Waals surface area contributed by atoms with Gasteiger partial charge in [-0.1, -0.05) is 0 Å². The third-order valence-corrected chi connectivity index (χ3v) is 2.88. The summed E-state index contributed by atoms with van der Waals surface area (Å²) in [6.07, 6.45) is 3.34. The molecule has 0 atom stereocenters. The summed E-state index contributed by atoms with van der Waals surface area (Å²) < 4.78 is 18.5. The molecule has 1 heterocycles. The largest absolute Gasteiger partial charge is 0.461 e. The van der Waals surface area contributed by atoms with Gasteiger partial charge in [-0.05, 0) is 48.7 Å². The van der Waals surface area contributed by atoms with Crippen LogP contribution in [-0.2, 0) is 12.8 Å². The second kappa shape index (κ2) is 3.23. The Labute approximate surface area is 87.5 Å². The summed E-state index contributed by atoms with van der Waals surface area (Å²) >= 11 is 0. The predicted molar refractivity (Wildman–Crippen MR) is 56.1 cm³/mol. The van der Waals surface area contributed by atoms with E-state index in [0.29, 0.717) is 0 Å². The highest BCUT2D eigenvalue weighted by Crippen LogP contribution is 2.31. The molecule has 1 aliphatic rings. The summed E-state index contributed by atoms with van der Waals surface area (Å²) in [5.74, 6) is 1.76. The van der Waals surface area contributed by atoms with Crippen LogP contribution in [0.4, 0.5) is 4.39 Å². The number of furan rings is 1. The van der Waals surface area contributed by atoms with Crippen molar-refractivity contribution in [3.63, 3.8) is 0 Å². The first kappa shape index (κ1) is 8.72. The van der Waals surface area contributed by atoms with Crippen molar-refractivity contribution in [1.29, 1.82) is 0 Å². The van der Waals surface area contributed by atoms with E-state index < -0.39 is 0 Å². The van der Waals surface area contributed by atoms with Crippen molar-refractivity contribution < 1.29 is 8.81 Å². The van der Waals surface area contributed by atoms with Crippen LogP contribution >= 0.6 is 0 Å². The lowest BCUT2D eigenvalue weighted by atomic mass is 10.1. The molecule has 1 aromatic heterocycles. The quantitative estimate of drug-likeness (QED) is 0.689. The number of fused-ring (bicyclic) bond motifs is 1. The molecule has 15 heavy (non-hydrogen) atoms.